The van der Waals surface area contributed by atoms with Crippen LogP contribution in [0.4, 0.5) is 5.69 Å². The predicted molar refractivity (Wildman–Crippen MR) is 126 cm³/mol. The average Bonchev–Trinajstić information content (AvgIpc) is 2.72. The lowest BCUT2D eigenvalue weighted by molar-refractivity contribution is -0.0167. The first-order valence-electron chi connectivity index (χ1n) is 12.4. The zero-order chi connectivity index (χ0) is 21.9. The third-order valence-corrected chi connectivity index (χ3v) is 8.63. The predicted octanol–water partition coefficient (Wildman–Crippen LogP) is 3.50. The number of guanidine groups is 2. The van der Waals surface area contributed by atoms with Crippen LogP contribution in [0, 0.1) is 17.8 Å². The number of carbonyl (C=O) groups is 1. The van der Waals surface area contributed by atoms with Crippen molar-refractivity contribution in [3.05, 3.63) is 29.8 Å². The molecule has 1 heterocycles. The van der Waals surface area contributed by atoms with Crippen LogP contribution in [-0.4, -0.2) is 29.0 Å². The van der Waals surface area contributed by atoms with E-state index in [1.807, 2.05) is 29.2 Å². The Labute approximate surface area is 189 Å². The van der Waals surface area contributed by atoms with Crippen LogP contribution in [0.1, 0.15) is 81.0 Å². The zero-order valence-corrected chi connectivity index (χ0v) is 18.7. The lowest BCUT2D eigenvalue weighted by Crippen LogP contribution is -2.60. The van der Waals surface area contributed by atoms with Gasteiger partial charge in [-0.15, -0.1) is 0 Å². The van der Waals surface area contributed by atoms with Gasteiger partial charge in [0.1, 0.15) is 5.66 Å². The minimum absolute atomic E-state index is 0.00319. The number of hydrogen-bond acceptors (Lipinski definition) is 6. The lowest BCUT2D eigenvalue weighted by atomic mass is 9.53. The molecule has 7 rings (SSSR count). The largest absolute Gasteiger partial charge is 0.369 e. The van der Waals surface area contributed by atoms with E-state index in [0.717, 1.165) is 68.4 Å². The minimum atomic E-state index is -0.497. The van der Waals surface area contributed by atoms with Crippen molar-refractivity contribution in [3.63, 3.8) is 0 Å². The Bertz CT molecular complexity index is 957. The zero-order valence-electron chi connectivity index (χ0n) is 18.7. The van der Waals surface area contributed by atoms with Gasteiger partial charge in [-0.2, -0.15) is 4.99 Å². The van der Waals surface area contributed by atoms with Crippen LogP contribution in [-0.2, 0) is 0 Å². The van der Waals surface area contributed by atoms with Gasteiger partial charge in [-0.05, 0) is 100 Å². The average molecular weight is 435 g/mol. The molecule has 1 aromatic carbocycles. The first-order valence-corrected chi connectivity index (χ1v) is 12.4. The molecule has 0 aromatic heterocycles. The second-order valence-corrected chi connectivity index (χ2v) is 11.0. The van der Waals surface area contributed by atoms with E-state index < -0.39 is 5.66 Å². The molecule has 5 N–H and O–H groups in total. The number of rotatable bonds is 3. The molecule has 4 bridgehead atoms. The molecule has 1 aliphatic heterocycles. The molecule has 5 fully saturated rings. The standard InChI is InChI=1S/C25H34N6O/c26-22-28-23(27)31(25(30-22)7-2-1-3-8-25)20-6-4-5-19(12-20)21(32)29-24-13-16-9-17(14-24)11-18(10-16)15-24/h4-6,12,16-18H,1-3,7-11,13-15H2,(H,29,32)(H4,26,27,28,30). The summed E-state index contributed by atoms with van der Waals surface area (Å²) in [6.07, 6.45) is 12.6. The van der Waals surface area contributed by atoms with Crippen molar-refractivity contribution in [3.8, 4) is 0 Å². The SMILES string of the molecule is NC1=NC2(CCCCC2)N(c2cccc(C(=O)NC34CC5CC(CC(C5)C3)C4)c2)C(N)=N1. The van der Waals surface area contributed by atoms with Gasteiger partial charge in [-0.1, -0.05) is 12.5 Å². The maximum atomic E-state index is 13.4. The molecule has 170 valence electrons. The van der Waals surface area contributed by atoms with Crippen molar-refractivity contribution in [1.82, 2.24) is 5.32 Å². The molecule has 5 saturated carbocycles. The summed E-state index contributed by atoms with van der Waals surface area (Å²) in [6, 6.07) is 7.79. The second-order valence-electron chi connectivity index (χ2n) is 11.0. The molecule has 7 heteroatoms. The fourth-order valence-corrected chi connectivity index (χ4v) is 7.86. The summed E-state index contributed by atoms with van der Waals surface area (Å²) in [6.45, 7) is 0. The Kier molecular flexibility index (Phi) is 4.53. The van der Waals surface area contributed by atoms with E-state index in [1.54, 1.807) is 0 Å². The molecule has 1 aromatic rings. The van der Waals surface area contributed by atoms with E-state index in [4.69, 9.17) is 16.5 Å². The maximum Gasteiger partial charge on any atom is 0.251 e. The van der Waals surface area contributed by atoms with Gasteiger partial charge in [0.05, 0.1) is 0 Å². The van der Waals surface area contributed by atoms with E-state index in [9.17, 15) is 4.79 Å². The van der Waals surface area contributed by atoms with E-state index in [-0.39, 0.29) is 17.4 Å². The third kappa shape index (κ3) is 3.28. The summed E-state index contributed by atoms with van der Waals surface area (Å²) in [4.78, 5) is 24.4. The third-order valence-electron chi connectivity index (χ3n) is 8.63. The lowest BCUT2D eigenvalue weighted by Gasteiger charge is -2.56. The topological polar surface area (TPSA) is 109 Å². The molecule has 32 heavy (non-hydrogen) atoms. The van der Waals surface area contributed by atoms with Gasteiger partial charge in [0.25, 0.3) is 5.91 Å². The van der Waals surface area contributed by atoms with Crippen LogP contribution in [0.15, 0.2) is 34.3 Å². The number of hydrogen-bond donors (Lipinski definition) is 3. The number of carbonyl (C=O) groups excluding carboxylic acids is 1. The quantitative estimate of drug-likeness (QED) is 0.676. The number of nitrogens with zero attached hydrogens (tertiary/aromatic N) is 3. The summed E-state index contributed by atoms with van der Waals surface area (Å²) < 4.78 is 0. The van der Waals surface area contributed by atoms with Crippen LogP contribution in [0.25, 0.3) is 0 Å². The molecule has 0 atom stereocenters. The van der Waals surface area contributed by atoms with E-state index in [0.29, 0.717) is 11.5 Å². The number of aliphatic imine (C=N–C) groups is 2. The molecular weight excluding hydrogens is 400 g/mol. The molecular formula is C25H34N6O. The number of amides is 1. The van der Waals surface area contributed by atoms with E-state index in [1.165, 1.54) is 25.7 Å². The van der Waals surface area contributed by atoms with Crippen molar-refractivity contribution in [1.29, 1.82) is 0 Å². The Balaban J connectivity index is 1.28. The molecule has 5 aliphatic carbocycles. The van der Waals surface area contributed by atoms with Gasteiger partial charge in [-0.25, -0.2) is 4.99 Å². The normalized spacial score (nSPS) is 34.9. The molecule has 1 spiro atoms. The van der Waals surface area contributed by atoms with Gasteiger partial charge in [-0.3, -0.25) is 9.69 Å². The Hall–Kier alpha value is -2.57. The van der Waals surface area contributed by atoms with Crippen LogP contribution in [0.5, 0.6) is 0 Å². The van der Waals surface area contributed by atoms with E-state index in [2.05, 4.69) is 10.3 Å². The van der Waals surface area contributed by atoms with Gasteiger partial charge in [0.15, 0.2) is 0 Å². The molecule has 0 unspecified atom stereocenters. The number of anilines is 1. The molecule has 0 radical (unpaired) electrons. The first-order chi connectivity index (χ1) is 15.4. The summed E-state index contributed by atoms with van der Waals surface area (Å²) in [7, 11) is 0. The highest BCUT2D eigenvalue weighted by Crippen LogP contribution is 2.55. The molecule has 7 nitrogen and oxygen atoms in total. The van der Waals surface area contributed by atoms with Crippen molar-refractivity contribution in [2.24, 2.45) is 39.2 Å². The Morgan fingerprint density at radius 1 is 1.00 bits per heavy atom. The van der Waals surface area contributed by atoms with Crippen molar-refractivity contribution >= 4 is 23.5 Å². The highest BCUT2D eigenvalue weighted by molar-refractivity contribution is 6.06. The summed E-state index contributed by atoms with van der Waals surface area (Å²) in [5.41, 5.74) is 13.4. The van der Waals surface area contributed by atoms with Crippen LogP contribution >= 0.6 is 0 Å². The molecule has 1 amide bonds. The maximum absolute atomic E-state index is 13.4. The summed E-state index contributed by atoms with van der Waals surface area (Å²) in [5.74, 6) is 3.03. The Morgan fingerprint density at radius 2 is 1.66 bits per heavy atom. The van der Waals surface area contributed by atoms with Crippen molar-refractivity contribution in [2.75, 3.05) is 4.90 Å². The minimum Gasteiger partial charge on any atom is -0.369 e. The van der Waals surface area contributed by atoms with Gasteiger partial charge in [0.2, 0.25) is 11.9 Å². The summed E-state index contributed by atoms with van der Waals surface area (Å²) >= 11 is 0. The van der Waals surface area contributed by atoms with Crippen molar-refractivity contribution in [2.45, 2.75) is 81.8 Å². The number of benzene rings is 1. The van der Waals surface area contributed by atoms with Crippen molar-refractivity contribution < 1.29 is 4.79 Å². The van der Waals surface area contributed by atoms with Gasteiger partial charge >= 0.3 is 0 Å². The van der Waals surface area contributed by atoms with Crippen LogP contribution < -0.4 is 21.7 Å². The molecule has 0 saturated heterocycles. The Morgan fingerprint density at radius 3 is 2.31 bits per heavy atom. The monoisotopic (exact) mass is 434 g/mol. The second kappa shape index (κ2) is 7.22. The number of nitrogens with one attached hydrogen (secondary N) is 1. The smallest absolute Gasteiger partial charge is 0.251 e. The summed E-state index contributed by atoms with van der Waals surface area (Å²) in [5, 5.41) is 3.49. The van der Waals surface area contributed by atoms with Crippen LogP contribution in [0.2, 0.25) is 0 Å². The fraction of sp³-hybridized carbons (Fsp3) is 0.640. The highest BCUT2D eigenvalue weighted by atomic mass is 16.1. The van der Waals surface area contributed by atoms with Gasteiger partial charge in [0, 0.05) is 16.8 Å². The van der Waals surface area contributed by atoms with Crippen LogP contribution in [0.3, 0.4) is 0 Å². The highest BCUT2D eigenvalue weighted by Gasteiger charge is 2.51. The van der Waals surface area contributed by atoms with E-state index >= 15 is 0 Å². The fourth-order valence-electron chi connectivity index (χ4n) is 7.86. The van der Waals surface area contributed by atoms with Gasteiger partial charge < -0.3 is 16.8 Å². The number of nitrogens with two attached hydrogens (primary N) is 2. The molecule has 6 aliphatic rings. The first kappa shape index (κ1) is 20.1.